The molecule has 1 aromatic heterocycles. The number of hydrogen-bond donors (Lipinski definition) is 1. The Morgan fingerprint density at radius 1 is 1.13 bits per heavy atom. The molecule has 4 heteroatoms. The van der Waals surface area contributed by atoms with Gasteiger partial charge in [0.2, 0.25) is 0 Å². The van der Waals surface area contributed by atoms with Crippen LogP contribution in [0.15, 0.2) is 29.6 Å². The monoisotopic (exact) mass is 225 g/mol. The van der Waals surface area contributed by atoms with Crippen LogP contribution in [0.4, 0.5) is 8.78 Å². The van der Waals surface area contributed by atoms with Gasteiger partial charge >= 0.3 is 0 Å². The van der Waals surface area contributed by atoms with Crippen molar-refractivity contribution in [2.45, 2.75) is 6.54 Å². The summed E-state index contributed by atoms with van der Waals surface area (Å²) in [4.78, 5) is 0.931. The number of hydrogen-bond acceptors (Lipinski definition) is 2. The average Bonchev–Trinajstić information content (AvgIpc) is 2.63. The van der Waals surface area contributed by atoms with Crippen LogP contribution in [0.3, 0.4) is 0 Å². The SMILES string of the molecule is NCc1sccc1-c1cc(F)cc(F)c1. The first-order valence-corrected chi connectivity index (χ1v) is 5.31. The smallest absolute Gasteiger partial charge is 0.126 e. The first-order valence-electron chi connectivity index (χ1n) is 4.43. The molecule has 0 aliphatic carbocycles. The molecule has 0 fully saturated rings. The molecule has 15 heavy (non-hydrogen) atoms. The van der Waals surface area contributed by atoms with E-state index in [2.05, 4.69) is 0 Å². The zero-order valence-electron chi connectivity index (χ0n) is 7.84. The largest absolute Gasteiger partial charge is 0.326 e. The number of nitrogens with two attached hydrogens (primary N) is 1. The molecule has 0 saturated carbocycles. The Morgan fingerprint density at radius 2 is 1.80 bits per heavy atom. The molecule has 0 aliphatic rings. The lowest BCUT2D eigenvalue weighted by atomic mass is 10.1. The van der Waals surface area contributed by atoms with E-state index in [0.717, 1.165) is 16.5 Å². The second kappa shape index (κ2) is 4.08. The summed E-state index contributed by atoms with van der Waals surface area (Å²) in [6.45, 7) is 0.380. The summed E-state index contributed by atoms with van der Waals surface area (Å²) in [7, 11) is 0. The van der Waals surface area contributed by atoms with Crippen LogP contribution in [0.1, 0.15) is 4.88 Å². The molecule has 0 atom stereocenters. The van der Waals surface area contributed by atoms with E-state index in [1.165, 1.54) is 23.5 Å². The first-order chi connectivity index (χ1) is 7.20. The van der Waals surface area contributed by atoms with Crippen LogP contribution >= 0.6 is 11.3 Å². The van der Waals surface area contributed by atoms with Gasteiger partial charge in [-0.15, -0.1) is 11.3 Å². The van der Waals surface area contributed by atoms with Gasteiger partial charge in [-0.25, -0.2) is 8.78 Å². The second-order valence-corrected chi connectivity index (χ2v) is 4.12. The molecule has 0 radical (unpaired) electrons. The van der Waals surface area contributed by atoms with Crippen LogP contribution in [0.2, 0.25) is 0 Å². The normalized spacial score (nSPS) is 10.6. The summed E-state index contributed by atoms with van der Waals surface area (Å²) < 4.78 is 26.0. The van der Waals surface area contributed by atoms with Crippen molar-refractivity contribution in [2.75, 3.05) is 0 Å². The van der Waals surface area contributed by atoms with E-state index in [-0.39, 0.29) is 0 Å². The third-order valence-corrected chi connectivity index (χ3v) is 3.05. The van der Waals surface area contributed by atoms with E-state index in [1.807, 2.05) is 11.4 Å². The van der Waals surface area contributed by atoms with Crippen molar-refractivity contribution >= 4 is 11.3 Å². The molecule has 2 rings (SSSR count). The minimum atomic E-state index is -0.570. The molecule has 78 valence electrons. The van der Waals surface area contributed by atoms with Gasteiger partial charge in [-0.1, -0.05) is 0 Å². The summed E-state index contributed by atoms with van der Waals surface area (Å²) in [6.07, 6.45) is 0. The molecule has 0 unspecified atom stereocenters. The second-order valence-electron chi connectivity index (χ2n) is 3.12. The van der Waals surface area contributed by atoms with Crippen molar-refractivity contribution in [1.29, 1.82) is 0 Å². The highest BCUT2D eigenvalue weighted by atomic mass is 32.1. The van der Waals surface area contributed by atoms with Crippen molar-refractivity contribution in [3.63, 3.8) is 0 Å². The van der Waals surface area contributed by atoms with Gasteiger partial charge in [-0.05, 0) is 34.7 Å². The summed E-state index contributed by atoms with van der Waals surface area (Å²) in [5, 5.41) is 1.86. The topological polar surface area (TPSA) is 26.0 Å². The van der Waals surface area contributed by atoms with Crippen LogP contribution in [-0.2, 0) is 6.54 Å². The molecule has 0 amide bonds. The lowest BCUT2D eigenvalue weighted by Gasteiger charge is -2.02. The van der Waals surface area contributed by atoms with Gasteiger partial charge in [0, 0.05) is 17.5 Å². The zero-order valence-corrected chi connectivity index (χ0v) is 8.65. The van der Waals surface area contributed by atoms with E-state index in [0.29, 0.717) is 12.1 Å². The predicted octanol–water partition coefficient (Wildman–Crippen LogP) is 3.15. The number of halogens is 2. The Hall–Kier alpha value is -1.26. The Bertz CT molecular complexity index is 459. The van der Waals surface area contributed by atoms with Gasteiger partial charge in [0.1, 0.15) is 11.6 Å². The summed E-state index contributed by atoms with van der Waals surface area (Å²) >= 11 is 1.49. The zero-order chi connectivity index (χ0) is 10.8. The summed E-state index contributed by atoms with van der Waals surface area (Å²) in [5.74, 6) is -1.14. The van der Waals surface area contributed by atoms with Gasteiger partial charge in [0.25, 0.3) is 0 Å². The van der Waals surface area contributed by atoms with Crippen LogP contribution < -0.4 is 5.73 Å². The molecule has 1 nitrogen and oxygen atoms in total. The highest BCUT2D eigenvalue weighted by Crippen LogP contribution is 2.28. The molecular formula is C11H9F2NS. The van der Waals surface area contributed by atoms with Crippen LogP contribution in [0, 0.1) is 11.6 Å². The highest BCUT2D eigenvalue weighted by Gasteiger charge is 2.08. The molecule has 1 heterocycles. The molecule has 0 saturated heterocycles. The van der Waals surface area contributed by atoms with Crippen LogP contribution in [0.5, 0.6) is 0 Å². The van der Waals surface area contributed by atoms with Gasteiger partial charge in [-0.2, -0.15) is 0 Å². The van der Waals surface area contributed by atoms with E-state index >= 15 is 0 Å². The van der Waals surface area contributed by atoms with Gasteiger partial charge in [0.05, 0.1) is 0 Å². The molecule has 1 aromatic carbocycles. The first kappa shape index (κ1) is 10.3. The number of benzene rings is 1. The maximum absolute atomic E-state index is 13.0. The maximum Gasteiger partial charge on any atom is 0.126 e. The minimum Gasteiger partial charge on any atom is -0.326 e. The number of rotatable bonds is 2. The number of thiophene rings is 1. The Labute approximate surface area is 90.2 Å². The van der Waals surface area contributed by atoms with E-state index in [9.17, 15) is 8.78 Å². The third kappa shape index (κ3) is 2.06. The third-order valence-electron chi connectivity index (χ3n) is 2.10. The standard InChI is InChI=1S/C11H9F2NS/c12-8-3-7(4-9(13)5-8)10-1-2-15-11(10)6-14/h1-5H,6,14H2. The average molecular weight is 225 g/mol. The van der Waals surface area contributed by atoms with Gasteiger partial charge in [0.15, 0.2) is 0 Å². The van der Waals surface area contributed by atoms with Gasteiger partial charge in [-0.3, -0.25) is 0 Å². The maximum atomic E-state index is 13.0. The van der Waals surface area contributed by atoms with Crippen molar-refractivity contribution in [3.05, 3.63) is 46.2 Å². The molecule has 0 aliphatic heterocycles. The lowest BCUT2D eigenvalue weighted by molar-refractivity contribution is 0.584. The van der Waals surface area contributed by atoms with Crippen LogP contribution in [-0.4, -0.2) is 0 Å². The summed E-state index contributed by atoms with van der Waals surface area (Å²) in [6, 6.07) is 5.30. The van der Waals surface area contributed by atoms with Crippen molar-refractivity contribution in [2.24, 2.45) is 5.73 Å². The molecule has 2 aromatic rings. The quantitative estimate of drug-likeness (QED) is 0.834. The van der Waals surface area contributed by atoms with Crippen molar-refractivity contribution < 1.29 is 8.78 Å². The minimum absolute atomic E-state index is 0.380. The lowest BCUT2D eigenvalue weighted by Crippen LogP contribution is -1.95. The molecule has 0 bridgehead atoms. The Morgan fingerprint density at radius 3 is 2.40 bits per heavy atom. The molecule has 2 N–H and O–H groups in total. The summed E-state index contributed by atoms with van der Waals surface area (Å²) in [5.41, 5.74) is 6.87. The Balaban J connectivity index is 2.53. The predicted molar refractivity (Wildman–Crippen MR) is 57.6 cm³/mol. The Kier molecular flexibility index (Phi) is 2.79. The van der Waals surface area contributed by atoms with E-state index in [1.54, 1.807) is 0 Å². The van der Waals surface area contributed by atoms with Crippen LogP contribution in [0.25, 0.3) is 11.1 Å². The van der Waals surface area contributed by atoms with Crippen molar-refractivity contribution in [3.8, 4) is 11.1 Å². The van der Waals surface area contributed by atoms with E-state index in [4.69, 9.17) is 5.73 Å². The molecular weight excluding hydrogens is 216 g/mol. The van der Waals surface area contributed by atoms with Gasteiger partial charge < -0.3 is 5.73 Å². The van der Waals surface area contributed by atoms with E-state index < -0.39 is 11.6 Å². The highest BCUT2D eigenvalue weighted by molar-refractivity contribution is 7.10. The fourth-order valence-electron chi connectivity index (χ4n) is 1.47. The fourth-order valence-corrected chi connectivity index (χ4v) is 2.24. The van der Waals surface area contributed by atoms with Crippen molar-refractivity contribution in [1.82, 2.24) is 0 Å². The fraction of sp³-hybridized carbons (Fsp3) is 0.0909. The molecule has 0 spiro atoms.